The first kappa shape index (κ1) is 71.4. The Morgan fingerprint density at radius 1 is 0.786 bits per heavy atom. The number of benzene rings is 1. The molecule has 0 bridgehead atoms. The Morgan fingerprint density at radius 3 is 1.83 bits per heavy atom. The monoisotopic (exact) mass is 1380 g/mol. The Hall–Kier alpha value is -2.83. The molecule has 0 spiro atoms. The van der Waals surface area contributed by atoms with E-state index in [9.17, 15) is 24.9 Å². The molecule has 3 rings (SSSR count). The fraction of sp³-hybridized carbons (Fsp3) is 0.619. The molecule has 8 N–H and O–H groups in total. The summed E-state index contributed by atoms with van der Waals surface area (Å²) in [5.74, 6) is 2.35. The van der Waals surface area contributed by atoms with Crippen LogP contribution in [-0.2, 0) is 109 Å². The van der Waals surface area contributed by atoms with E-state index in [1.807, 2.05) is 24.4 Å². The normalized spacial score (nSPS) is 10.9. The van der Waals surface area contributed by atoms with Gasteiger partial charge in [-0.05, 0) is 24.8 Å². The number of amides is 2. The number of carbonyl (C=O) groups excluding carboxylic acids is 4. The number of rotatable bonds is 34. The van der Waals surface area contributed by atoms with Gasteiger partial charge in [0.1, 0.15) is 0 Å². The summed E-state index contributed by atoms with van der Waals surface area (Å²) < 4.78 is 46.8. The number of halogens is 4. The summed E-state index contributed by atoms with van der Waals surface area (Å²) in [4.78, 5) is 47.1. The minimum atomic E-state index is -2.13. The molecule has 2 heterocycles. The molecule has 22 nitrogen and oxygen atoms in total. The Bertz CT molecular complexity index is 1870. The molecular weight excluding hydrogens is 1310 g/mol. The predicted molar refractivity (Wildman–Crippen MR) is 272 cm³/mol. The average Bonchev–Trinajstić information content (AvgIpc) is 4.03. The van der Waals surface area contributed by atoms with Gasteiger partial charge >= 0.3 is 194 Å². The second-order valence-corrected chi connectivity index (χ2v) is 17.4. The number of unbranched alkanes of at least 4 members (excludes halogenated alkanes) is 4. The topological polar surface area (TPSA) is 318 Å². The molecule has 2 amide bonds. The fourth-order valence-electron chi connectivity index (χ4n) is 5.01. The first-order valence-corrected chi connectivity index (χ1v) is 25.9. The fourth-order valence-corrected chi connectivity index (χ4v) is 6.33. The van der Waals surface area contributed by atoms with E-state index in [-0.39, 0.29) is 69.5 Å². The smallest absolute Gasteiger partial charge is 0 e. The van der Waals surface area contributed by atoms with E-state index in [1.54, 1.807) is 25.1 Å². The van der Waals surface area contributed by atoms with Gasteiger partial charge in [-0.3, -0.25) is 4.79 Å². The van der Waals surface area contributed by atoms with E-state index in [0.29, 0.717) is 84.2 Å². The second kappa shape index (κ2) is 51.1. The molecule has 70 heavy (non-hydrogen) atoms. The second-order valence-electron chi connectivity index (χ2n) is 14.2. The molecule has 2 aromatic heterocycles. The quantitative estimate of drug-likeness (QED) is 0.00830. The molecule has 0 fully saturated rings. The van der Waals surface area contributed by atoms with E-state index >= 15 is 0 Å². The van der Waals surface area contributed by atoms with E-state index in [1.165, 1.54) is 10.2 Å². The standard InChI is InChI=1S/C16H29FIN5O4.C12H21NO3.C10H12N4.C4H8FIN4O.2Nb/c1-26-9-10-27-8-4-2-3-5-15(24)20-11-13-12-23(22-21-13)7-6-14(19)16(25)18-17;1-3-8-13-12(14)7-5-4-6-9-16-11-10-15-2;11-6-10-8-14(13-12-10)7-9-4-2-1-3-5-9;5-6-4(11)3(7)1-2-9-10-8;;/h12,14,18H,2-11,19H2,1H3,(H,20,24);1H,4-11H2,2H3,(H,13,14);1-5,8H,6-7,11H2;3,6H,1-2,7H2;;. The van der Waals surface area contributed by atoms with Crippen molar-refractivity contribution in [2.24, 2.45) is 22.3 Å². The number of aryl methyl sites for hydroxylation is 1. The Labute approximate surface area is 462 Å². The van der Waals surface area contributed by atoms with Gasteiger partial charge in [0.15, 0.2) is 0 Å². The molecule has 0 aliphatic carbocycles. The third-order valence-corrected chi connectivity index (χ3v) is 11.3. The molecule has 0 saturated carbocycles. The number of hydrogen-bond acceptors (Lipinski definition) is 16. The summed E-state index contributed by atoms with van der Waals surface area (Å²) in [6, 6.07) is 8.57. The van der Waals surface area contributed by atoms with Crippen LogP contribution in [0.25, 0.3) is 10.4 Å². The van der Waals surface area contributed by atoms with Crippen molar-refractivity contribution in [2.45, 2.75) is 102 Å². The summed E-state index contributed by atoms with van der Waals surface area (Å²) in [5, 5.41) is 24.3. The van der Waals surface area contributed by atoms with Crippen molar-refractivity contribution in [3.05, 3.63) is 70.1 Å². The number of aromatic nitrogens is 6. The first-order valence-electron chi connectivity index (χ1n) is 21.8. The third kappa shape index (κ3) is 41.8. The zero-order chi connectivity index (χ0) is 50.5. The molecule has 394 valence electrons. The van der Waals surface area contributed by atoms with Crippen LogP contribution in [0.5, 0.6) is 0 Å². The molecule has 0 aliphatic heterocycles. The van der Waals surface area contributed by atoms with Crippen molar-refractivity contribution in [2.75, 3.05) is 67.0 Å². The minimum absolute atomic E-state index is 0. The van der Waals surface area contributed by atoms with Crippen LogP contribution in [-0.4, -0.2) is 128 Å². The molecule has 2 radical (unpaired) electrons. The molecular formula is C42H70F2I2N14Nb2O8. The largest absolute Gasteiger partial charge is 0 e. The van der Waals surface area contributed by atoms with Gasteiger partial charge in [-0.25, -0.2) is 4.68 Å². The Kier molecular flexibility index (Phi) is 52.1. The van der Waals surface area contributed by atoms with Crippen LogP contribution in [0.4, 0.5) is 5.72 Å². The van der Waals surface area contributed by atoms with Crippen LogP contribution >= 0.6 is 43.6 Å². The summed E-state index contributed by atoms with van der Waals surface area (Å²) in [5.41, 5.74) is 26.7. The zero-order valence-corrected chi connectivity index (χ0v) is 48.9. The molecule has 28 heteroatoms. The van der Waals surface area contributed by atoms with Crippen molar-refractivity contribution in [1.82, 2.24) is 40.6 Å². The number of azide groups is 1. The number of terminal acetylenes is 1. The van der Waals surface area contributed by atoms with Gasteiger partial charge in [-0.15, -0.1) is 11.5 Å². The van der Waals surface area contributed by atoms with E-state index in [2.05, 4.69) is 59.3 Å². The SMILES string of the molecule is C#CCNC(=O)CCCCCOCCOC.COCCOCCCCCC(=O)NCc1cn(CCC(N)C(=O)[IH]F)nn1.NCc1cn(Cc2ccccc2)nn1.[N-]=[N+]=NCCC(N)C(=O)[IH]F.[Nb].[Nb]. The number of methoxy groups -OCH3 is 2. The maximum atomic E-state index is 12.4. The van der Waals surface area contributed by atoms with Crippen LogP contribution in [0.3, 0.4) is 0 Å². The van der Waals surface area contributed by atoms with Crippen LogP contribution in [0.1, 0.15) is 81.2 Å². The van der Waals surface area contributed by atoms with E-state index in [4.69, 9.17) is 48.1 Å². The van der Waals surface area contributed by atoms with E-state index in [0.717, 1.165) is 57.4 Å². The molecule has 2 unspecified atom stereocenters. The summed E-state index contributed by atoms with van der Waals surface area (Å²) in [6.07, 6.45) is 15.6. The molecule has 2 atom stereocenters. The number of carbonyl (C=O) groups is 4. The average molecular weight is 1380 g/mol. The molecule has 1 aromatic carbocycles. The van der Waals surface area contributed by atoms with Gasteiger partial charge in [-0.1, -0.05) is 54.3 Å². The number of nitrogens with zero attached hydrogens (tertiary/aromatic N) is 9. The maximum absolute atomic E-state index is 12.4. The first-order chi connectivity index (χ1) is 33.0. The number of nitrogens with one attached hydrogen (secondary N) is 2. The van der Waals surface area contributed by atoms with Crippen molar-refractivity contribution >= 4 is 63.0 Å². The molecule has 0 saturated heterocycles. The van der Waals surface area contributed by atoms with Gasteiger partial charge in [0.2, 0.25) is 5.91 Å². The van der Waals surface area contributed by atoms with Gasteiger partial charge in [-0.2, -0.15) is 0 Å². The Morgan fingerprint density at radius 2 is 1.31 bits per heavy atom. The number of hydrogen-bond donors (Lipinski definition) is 5. The Balaban J connectivity index is -0.000000900. The van der Waals surface area contributed by atoms with Gasteiger partial charge in [0.25, 0.3) is 0 Å². The van der Waals surface area contributed by atoms with Crippen molar-refractivity contribution < 1.29 is 88.6 Å². The van der Waals surface area contributed by atoms with Crippen LogP contribution in [0.15, 0.2) is 47.8 Å². The third-order valence-electron chi connectivity index (χ3n) is 8.70. The van der Waals surface area contributed by atoms with Crippen LogP contribution in [0.2, 0.25) is 0 Å². The van der Waals surface area contributed by atoms with Crippen molar-refractivity contribution in [3.8, 4) is 12.3 Å². The predicted octanol–water partition coefficient (Wildman–Crippen LogP) is 3.82. The van der Waals surface area contributed by atoms with Crippen molar-refractivity contribution in [1.29, 1.82) is 0 Å². The zero-order valence-electron chi connectivity index (χ0n) is 39.8. The number of nitrogens with two attached hydrogens (primary N) is 3. The van der Waals surface area contributed by atoms with Crippen molar-refractivity contribution in [3.63, 3.8) is 0 Å². The molecule has 3 aromatic rings. The van der Waals surface area contributed by atoms with E-state index < -0.39 is 63.2 Å². The maximum Gasteiger partial charge on any atom is 0 e. The summed E-state index contributed by atoms with van der Waals surface area (Å²) in [7, 11) is 3.29. The van der Waals surface area contributed by atoms with Gasteiger partial charge in [0.05, 0.1) is 51.4 Å². The summed E-state index contributed by atoms with van der Waals surface area (Å²) >= 11 is -4.21. The van der Waals surface area contributed by atoms with Crippen LogP contribution < -0.4 is 27.8 Å². The molecule has 0 aliphatic rings. The minimum Gasteiger partial charge on any atom is 0 e. The van der Waals surface area contributed by atoms with Gasteiger partial charge < -0.3 is 30.0 Å². The number of ether oxygens (including phenoxy) is 4. The van der Waals surface area contributed by atoms with Crippen LogP contribution in [0, 0.1) is 12.3 Å². The van der Waals surface area contributed by atoms with Gasteiger partial charge in [0, 0.05) is 85.2 Å². The summed E-state index contributed by atoms with van der Waals surface area (Å²) in [6.45, 7) is 6.19.